The summed E-state index contributed by atoms with van der Waals surface area (Å²) in [6, 6.07) is 3.26. The third-order valence-corrected chi connectivity index (χ3v) is 2.78. The molecular weight excluding hydrogens is 260 g/mol. The molecule has 0 aliphatic carbocycles. The Balaban J connectivity index is 2.56. The van der Waals surface area contributed by atoms with E-state index in [9.17, 15) is 9.90 Å². The number of nitrogens with one attached hydrogen (secondary N) is 1. The van der Waals surface area contributed by atoms with E-state index in [0.717, 1.165) is 0 Å². The summed E-state index contributed by atoms with van der Waals surface area (Å²) >= 11 is 0. The van der Waals surface area contributed by atoms with E-state index in [2.05, 4.69) is 15.5 Å². The minimum atomic E-state index is -0.893. The molecule has 1 atom stereocenters. The second-order valence-corrected chi connectivity index (χ2v) is 5.10. The maximum Gasteiger partial charge on any atom is 0.273 e. The zero-order valence-electron chi connectivity index (χ0n) is 12.4. The van der Waals surface area contributed by atoms with Gasteiger partial charge in [0.05, 0.1) is 5.60 Å². The molecule has 0 saturated heterocycles. The van der Waals surface area contributed by atoms with Crippen LogP contribution in [0.1, 0.15) is 23.8 Å². The number of hydrogen-bond donors (Lipinski definition) is 2. The molecule has 1 aromatic rings. The van der Waals surface area contributed by atoms with Crippen molar-refractivity contribution in [3.05, 3.63) is 17.8 Å². The van der Waals surface area contributed by atoms with Crippen LogP contribution in [-0.4, -0.2) is 66.1 Å². The molecular formula is C13H22N4O3. The molecule has 0 aromatic carbocycles. The Hall–Kier alpha value is -1.73. The summed E-state index contributed by atoms with van der Waals surface area (Å²) in [5.74, 6) is 0.314. The third kappa shape index (κ3) is 5.10. The van der Waals surface area contributed by atoms with E-state index in [1.165, 1.54) is 4.90 Å². The first-order chi connectivity index (χ1) is 9.35. The van der Waals surface area contributed by atoms with Crippen LogP contribution in [0, 0.1) is 0 Å². The molecule has 1 unspecified atom stereocenters. The van der Waals surface area contributed by atoms with Crippen molar-refractivity contribution in [2.75, 3.05) is 39.7 Å². The van der Waals surface area contributed by atoms with Gasteiger partial charge in [-0.2, -0.15) is 0 Å². The van der Waals surface area contributed by atoms with Crippen molar-refractivity contribution >= 4 is 11.7 Å². The Morgan fingerprint density at radius 3 is 2.65 bits per heavy atom. The zero-order valence-corrected chi connectivity index (χ0v) is 12.4. The summed E-state index contributed by atoms with van der Waals surface area (Å²) in [5.41, 5.74) is -0.609. The number of nitrogens with zero attached hydrogens (tertiary/aromatic N) is 3. The molecule has 1 amide bonds. The smallest absolute Gasteiger partial charge is 0.273 e. The lowest BCUT2D eigenvalue weighted by Gasteiger charge is -2.23. The van der Waals surface area contributed by atoms with Gasteiger partial charge >= 0.3 is 0 Å². The zero-order chi connectivity index (χ0) is 15.2. The fourth-order valence-corrected chi connectivity index (χ4v) is 1.46. The van der Waals surface area contributed by atoms with Crippen LogP contribution in [0.2, 0.25) is 0 Å². The lowest BCUT2D eigenvalue weighted by Crippen LogP contribution is -2.35. The fraction of sp³-hybridized carbons (Fsp3) is 0.615. The Kier molecular flexibility index (Phi) is 5.84. The van der Waals surface area contributed by atoms with Crippen LogP contribution in [0.5, 0.6) is 0 Å². The second-order valence-electron chi connectivity index (χ2n) is 5.10. The molecule has 0 spiro atoms. The lowest BCUT2D eigenvalue weighted by atomic mass is 10.0. The molecule has 0 aliphatic heterocycles. The van der Waals surface area contributed by atoms with Gasteiger partial charge in [0.1, 0.15) is 5.82 Å². The number of anilines is 1. The Labute approximate surface area is 119 Å². The Bertz CT molecular complexity index is 432. The van der Waals surface area contributed by atoms with Crippen molar-refractivity contribution in [2.45, 2.75) is 18.9 Å². The largest absolute Gasteiger partial charge is 0.388 e. The molecule has 0 fully saturated rings. The molecule has 7 nitrogen and oxygen atoms in total. The molecule has 7 heteroatoms. The molecule has 1 rings (SSSR count). The number of methoxy groups -OCH3 is 1. The van der Waals surface area contributed by atoms with Gasteiger partial charge in [0.25, 0.3) is 5.91 Å². The summed E-state index contributed by atoms with van der Waals surface area (Å²) in [6.07, 6.45) is 0.515. The first-order valence-corrected chi connectivity index (χ1v) is 6.36. The number of aliphatic hydroxyl groups is 1. The number of ether oxygens (including phenoxy) is 1. The van der Waals surface area contributed by atoms with Gasteiger partial charge in [-0.15, -0.1) is 10.2 Å². The highest BCUT2D eigenvalue weighted by Crippen LogP contribution is 2.11. The van der Waals surface area contributed by atoms with Crippen molar-refractivity contribution in [1.82, 2.24) is 15.1 Å². The van der Waals surface area contributed by atoms with E-state index in [1.807, 2.05) is 0 Å². The fourth-order valence-electron chi connectivity index (χ4n) is 1.46. The first kappa shape index (κ1) is 16.3. The van der Waals surface area contributed by atoms with Gasteiger partial charge in [-0.3, -0.25) is 4.79 Å². The van der Waals surface area contributed by atoms with E-state index >= 15 is 0 Å². The second kappa shape index (κ2) is 7.16. The number of carbonyl (C=O) groups is 1. The van der Waals surface area contributed by atoms with Gasteiger partial charge in [-0.1, -0.05) is 0 Å². The third-order valence-electron chi connectivity index (χ3n) is 2.78. The topological polar surface area (TPSA) is 87.6 Å². The van der Waals surface area contributed by atoms with Crippen molar-refractivity contribution in [3.63, 3.8) is 0 Å². The number of carbonyl (C=O) groups excluding carboxylic acids is 1. The van der Waals surface area contributed by atoms with Crippen molar-refractivity contribution in [1.29, 1.82) is 0 Å². The Morgan fingerprint density at radius 1 is 1.45 bits per heavy atom. The van der Waals surface area contributed by atoms with Crippen LogP contribution in [0.15, 0.2) is 12.1 Å². The van der Waals surface area contributed by atoms with E-state index in [-0.39, 0.29) is 11.6 Å². The summed E-state index contributed by atoms with van der Waals surface area (Å²) in [6.45, 7) is 2.53. The highest BCUT2D eigenvalue weighted by atomic mass is 16.5. The van der Waals surface area contributed by atoms with Gasteiger partial charge in [-0.05, 0) is 19.1 Å². The minimum absolute atomic E-state index is 0.198. The van der Waals surface area contributed by atoms with E-state index in [0.29, 0.717) is 25.4 Å². The number of amides is 1. The van der Waals surface area contributed by atoms with Gasteiger partial charge < -0.3 is 20.1 Å². The Morgan fingerprint density at radius 2 is 2.15 bits per heavy atom. The predicted molar refractivity (Wildman–Crippen MR) is 75.7 cm³/mol. The van der Waals surface area contributed by atoms with Crippen molar-refractivity contribution < 1.29 is 14.6 Å². The standard InChI is InChI=1S/C13H22N4O3/c1-13(19,7-8-20-4)9-14-11-6-5-10(15-16-11)12(18)17(2)3/h5-6,19H,7-9H2,1-4H3,(H,14,16). The molecule has 20 heavy (non-hydrogen) atoms. The molecule has 1 heterocycles. The molecule has 2 N–H and O–H groups in total. The summed E-state index contributed by atoms with van der Waals surface area (Å²) in [5, 5.41) is 20.8. The van der Waals surface area contributed by atoms with Crippen LogP contribution in [0.25, 0.3) is 0 Å². The molecule has 112 valence electrons. The van der Waals surface area contributed by atoms with Crippen molar-refractivity contribution in [2.24, 2.45) is 0 Å². The SMILES string of the molecule is COCCC(C)(O)CNc1ccc(C(=O)N(C)C)nn1. The van der Waals surface area contributed by atoms with E-state index in [1.54, 1.807) is 40.3 Å². The van der Waals surface area contributed by atoms with Gasteiger partial charge in [0.2, 0.25) is 0 Å². The minimum Gasteiger partial charge on any atom is -0.388 e. The van der Waals surface area contributed by atoms with Crippen LogP contribution >= 0.6 is 0 Å². The van der Waals surface area contributed by atoms with E-state index < -0.39 is 5.60 Å². The van der Waals surface area contributed by atoms with E-state index in [4.69, 9.17) is 4.74 Å². The average molecular weight is 282 g/mol. The summed E-state index contributed by atoms with van der Waals surface area (Å²) in [4.78, 5) is 13.1. The molecule has 1 aromatic heterocycles. The highest BCUT2D eigenvalue weighted by Gasteiger charge is 2.20. The quantitative estimate of drug-likeness (QED) is 0.751. The number of aromatic nitrogens is 2. The van der Waals surface area contributed by atoms with Gasteiger partial charge in [0.15, 0.2) is 5.69 Å². The van der Waals surface area contributed by atoms with Gasteiger partial charge in [-0.25, -0.2) is 0 Å². The van der Waals surface area contributed by atoms with Crippen LogP contribution in [-0.2, 0) is 4.74 Å². The average Bonchev–Trinajstić information content (AvgIpc) is 2.43. The molecule has 0 radical (unpaired) electrons. The first-order valence-electron chi connectivity index (χ1n) is 6.36. The van der Waals surface area contributed by atoms with Crippen molar-refractivity contribution in [3.8, 4) is 0 Å². The summed E-state index contributed by atoms with van der Waals surface area (Å²) < 4.78 is 4.94. The maximum atomic E-state index is 11.6. The summed E-state index contributed by atoms with van der Waals surface area (Å²) in [7, 11) is 4.90. The molecule has 0 aliphatic rings. The maximum absolute atomic E-state index is 11.6. The monoisotopic (exact) mass is 282 g/mol. The predicted octanol–water partition coefficient (Wildman–Crippen LogP) is 0.378. The van der Waals surface area contributed by atoms with Crippen LogP contribution < -0.4 is 5.32 Å². The highest BCUT2D eigenvalue weighted by molar-refractivity contribution is 5.91. The molecule has 0 bridgehead atoms. The normalized spacial score (nSPS) is 13.7. The molecule has 0 saturated carbocycles. The van der Waals surface area contributed by atoms with Gasteiger partial charge in [0, 0.05) is 40.8 Å². The van der Waals surface area contributed by atoms with Crippen LogP contribution in [0.4, 0.5) is 5.82 Å². The number of rotatable bonds is 7. The van der Waals surface area contributed by atoms with Crippen LogP contribution in [0.3, 0.4) is 0 Å². The number of hydrogen-bond acceptors (Lipinski definition) is 6. The lowest BCUT2D eigenvalue weighted by molar-refractivity contribution is 0.0356.